The van der Waals surface area contributed by atoms with Crippen LogP contribution in [0.1, 0.15) is 44.8 Å². The van der Waals surface area contributed by atoms with Gasteiger partial charge >= 0.3 is 17.8 Å². The average Bonchev–Trinajstić information content (AvgIpc) is 3.26. The van der Waals surface area contributed by atoms with Gasteiger partial charge in [0.15, 0.2) is 11.5 Å². The zero-order chi connectivity index (χ0) is 26.4. The molecule has 0 unspecified atom stereocenters. The van der Waals surface area contributed by atoms with Gasteiger partial charge in [-0.2, -0.15) is 10.4 Å². The fourth-order valence-corrected chi connectivity index (χ4v) is 5.41. The number of benzene rings is 2. The molecular formula is C26H21BrN4O5S. The van der Waals surface area contributed by atoms with Crippen LogP contribution in [0.15, 0.2) is 52.0 Å². The summed E-state index contributed by atoms with van der Waals surface area (Å²) in [5.41, 5.74) is 4.46. The van der Waals surface area contributed by atoms with Gasteiger partial charge in [0, 0.05) is 9.35 Å². The van der Waals surface area contributed by atoms with Crippen molar-refractivity contribution in [3.8, 4) is 17.6 Å². The third-order valence-corrected chi connectivity index (χ3v) is 7.25. The number of nitrogens with one attached hydrogen (secondary N) is 2. The zero-order valence-corrected chi connectivity index (χ0v) is 22.1. The minimum atomic E-state index is -0.974. The van der Waals surface area contributed by atoms with Crippen molar-refractivity contribution in [2.75, 3.05) is 12.4 Å². The Morgan fingerprint density at radius 2 is 1.92 bits per heavy atom. The minimum absolute atomic E-state index is 0.208. The zero-order valence-electron chi connectivity index (χ0n) is 19.7. The highest BCUT2D eigenvalue weighted by Gasteiger charge is 2.23. The van der Waals surface area contributed by atoms with Gasteiger partial charge in [0.05, 0.1) is 24.5 Å². The molecule has 0 atom stereocenters. The van der Waals surface area contributed by atoms with Crippen molar-refractivity contribution in [1.82, 2.24) is 5.43 Å². The van der Waals surface area contributed by atoms with E-state index >= 15 is 0 Å². The smallest absolute Gasteiger partial charge is 0.343 e. The number of amides is 2. The van der Waals surface area contributed by atoms with E-state index in [1.807, 2.05) is 0 Å². The van der Waals surface area contributed by atoms with E-state index in [9.17, 15) is 19.6 Å². The van der Waals surface area contributed by atoms with Crippen LogP contribution < -0.4 is 20.2 Å². The number of nitrogens with zero attached hydrogens (tertiary/aromatic N) is 2. The minimum Gasteiger partial charge on any atom is -0.493 e. The number of carbonyl (C=O) groups excluding carboxylic acids is 3. The summed E-state index contributed by atoms with van der Waals surface area (Å²) in [6.45, 7) is 0. The molecule has 2 amide bonds. The summed E-state index contributed by atoms with van der Waals surface area (Å²) in [5, 5.41) is 16.2. The molecule has 11 heteroatoms. The highest BCUT2D eigenvalue weighted by molar-refractivity contribution is 9.10. The fourth-order valence-electron chi connectivity index (χ4n) is 3.77. The topological polar surface area (TPSA) is 130 Å². The summed E-state index contributed by atoms with van der Waals surface area (Å²) < 4.78 is 11.5. The van der Waals surface area contributed by atoms with Crippen LogP contribution in [0.5, 0.6) is 11.5 Å². The second kappa shape index (κ2) is 11.8. The second-order valence-electron chi connectivity index (χ2n) is 7.99. The molecule has 1 aliphatic carbocycles. The van der Waals surface area contributed by atoms with E-state index < -0.39 is 17.8 Å². The SMILES string of the molecule is COc1cc(/C=N\NC(=O)C(=O)Nc2sc3c(c2C#N)CCCC3)ccc1OC(=O)c1cccc(Br)c1. The Balaban J connectivity index is 1.37. The molecule has 37 heavy (non-hydrogen) atoms. The van der Waals surface area contributed by atoms with Crippen molar-refractivity contribution < 1.29 is 23.9 Å². The number of hydrogen-bond acceptors (Lipinski definition) is 8. The molecule has 3 aromatic rings. The molecule has 1 aliphatic rings. The molecule has 0 aliphatic heterocycles. The van der Waals surface area contributed by atoms with E-state index in [1.54, 1.807) is 36.4 Å². The molecule has 9 nitrogen and oxygen atoms in total. The van der Waals surface area contributed by atoms with E-state index in [0.29, 0.717) is 21.7 Å². The standard InChI is InChI=1S/C26H21BrN4O5S/c1-35-21-11-15(9-10-20(21)36-26(34)16-5-4-6-17(27)12-16)14-29-31-24(33)23(32)30-25-19(13-28)18-7-2-3-8-22(18)37-25/h4-6,9-12,14H,2-3,7-8H2,1H3,(H,30,32)(H,31,33)/b29-14-. The number of esters is 1. The number of methoxy groups -OCH3 is 1. The predicted molar refractivity (Wildman–Crippen MR) is 142 cm³/mol. The summed E-state index contributed by atoms with van der Waals surface area (Å²) in [4.78, 5) is 38.1. The van der Waals surface area contributed by atoms with Gasteiger partial charge < -0.3 is 14.8 Å². The number of hydrogen-bond donors (Lipinski definition) is 2. The van der Waals surface area contributed by atoms with Gasteiger partial charge in [-0.1, -0.05) is 22.0 Å². The molecule has 0 radical (unpaired) electrons. The molecule has 1 aromatic heterocycles. The van der Waals surface area contributed by atoms with Crippen molar-refractivity contribution in [3.63, 3.8) is 0 Å². The third kappa shape index (κ3) is 6.22. The first-order chi connectivity index (χ1) is 17.9. The van der Waals surface area contributed by atoms with E-state index in [2.05, 4.69) is 37.8 Å². The van der Waals surface area contributed by atoms with Gasteiger partial charge in [-0.3, -0.25) is 9.59 Å². The van der Waals surface area contributed by atoms with Gasteiger partial charge in [0.25, 0.3) is 0 Å². The number of thiophene rings is 1. The summed E-state index contributed by atoms with van der Waals surface area (Å²) in [5.74, 6) is -1.95. The van der Waals surface area contributed by atoms with Gasteiger partial charge in [-0.15, -0.1) is 11.3 Å². The number of anilines is 1. The molecule has 0 saturated heterocycles. The maximum atomic E-state index is 12.4. The predicted octanol–water partition coefficient (Wildman–Crippen LogP) is 4.58. The number of ether oxygens (including phenoxy) is 2. The Kier molecular flexibility index (Phi) is 8.32. The van der Waals surface area contributed by atoms with Gasteiger partial charge in [-0.05, 0) is 73.2 Å². The number of nitriles is 1. The van der Waals surface area contributed by atoms with Crippen molar-refractivity contribution in [2.45, 2.75) is 25.7 Å². The number of aryl methyl sites for hydroxylation is 1. The summed E-state index contributed by atoms with van der Waals surface area (Å²) in [6.07, 6.45) is 5.03. The van der Waals surface area contributed by atoms with Gasteiger partial charge in [0.2, 0.25) is 0 Å². The van der Waals surface area contributed by atoms with Crippen LogP contribution in [-0.2, 0) is 22.4 Å². The molecule has 0 saturated carbocycles. The Hall–Kier alpha value is -4.01. The van der Waals surface area contributed by atoms with Crippen molar-refractivity contribution >= 4 is 56.3 Å². The van der Waals surface area contributed by atoms with E-state index in [-0.39, 0.29) is 11.5 Å². The Morgan fingerprint density at radius 3 is 2.68 bits per heavy atom. The maximum Gasteiger partial charge on any atom is 0.343 e. The molecule has 0 fully saturated rings. The lowest BCUT2D eigenvalue weighted by molar-refractivity contribution is -0.136. The first-order valence-electron chi connectivity index (χ1n) is 11.2. The number of carbonyl (C=O) groups is 3. The summed E-state index contributed by atoms with van der Waals surface area (Å²) in [6, 6.07) is 13.6. The largest absolute Gasteiger partial charge is 0.493 e. The number of halogens is 1. The van der Waals surface area contributed by atoms with Crippen LogP contribution in [0.25, 0.3) is 0 Å². The monoisotopic (exact) mass is 580 g/mol. The van der Waals surface area contributed by atoms with Crippen LogP contribution in [0.2, 0.25) is 0 Å². The second-order valence-corrected chi connectivity index (χ2v) is 10.0. The lowest BCUT2D eigenvalue weighted by atomic mass is 9.96. The molecule has 1 heterocycles. The molecule has 2 N–H and O–H groups in total. The highest BCUT2D eigenvalue weighted by atomic mass is 79.9. The van der Waals surface area contributed by atoms with E-state index in [0.717, 1.165) is 40.6 Å². The first kappa shape index (κ1) is 26.1. The van der Waals surface area contributed by atoms with Crippen LogP contribution in [0.3, 0.4) is 0 Å². The third-order valence-electron chi connectivity index (χ3n) is 5.55. The maximum absolute atomic E-state index is 12.4. The van der Waals surface area contributed by atoms with Crippen molar-refractivity contribution in [1.29, 1.82) is 5.26 Å². The van der Waals surface area contributed by atoms with Crippen molar-refractivity contribution in [3.05, 3.63) is 74.1 Å². The molecule has 188 valence electrons. The van der Waals surface area contributed by atoms with Crippen LogP contribution >= 0.6 is 27.3 Å². The normalized spacial score (nSPS) is 12.4. The molecule has 2 aromatic carbocycles. The average molecular weight is 581 g/mol. The van der Waals surface area contributed by atoms with Gasteiger partial charge in [-0.25, -0.2) is 10.2 Å². The Labute approximate surface area is 225 Å². The Morgan fingerprint density at radius 1 is 1.11 bits per heavy atom. The molecule has 0 bridgehead atoms. The van der Waals surface area contributed by atoms with Crippen LogP contribution in [0, 0.1) is 11.3 Å². The van der Waals surface area contributed by atoms with E-state index in [4.69, 9.17) is 9.47 Å². The fraction of sp³-hybridized carbons (Fsp3) is 0.192. The molecular weight excluding hydrogens is 560 g/mol. The van der Waals surface area contributed by atoms with Crippen LogP contribution in [0.4, 0.5) is 5.00 Å². The Bertz CT molecular complexity index is 1440. The first-order valence-corrected chi connectivity index (χ1v) is 12.9. The quantitative estimate of drug-likeness (QED) is 0.144. The highest BCUT2D eigenvalue weighted by Crippen LogP contribution is 2.37. The van der Waals surface area contributed by atoms with E-state index in [1.165, 1.54) is 30.7 Å². The number of fused-ring (bicyclic) bond motifs is 1. The lowest BCUT2D eigenvalue weighted by Gasteiger charge is -2.10. The van der Waals surface area contributed by atoms with Crippen molar-refractivity contribution in [2.24, 2.45) is 5.10 Å². The number of rotatable bonds is 6. The molecule has 4 rings (SSSR count). The van der Waals surface area contributed by atoms with Gasteiger partial charge in [0.1, 0.15) is 11.1 Å². The summed E-state index contributed by atoms with van der Waals surface area (Å²) >= 11 is 4.65. The summed E-state index contributed by atoms with van der Waals surface area (Å²) in [7, 11) is 1.43. The lowest BCUT2D eigenvalue weighted by Crippen LogP contribution is -2.32. The molecule has 0 spiro atoms. The number of hydrazone groups is 1. The van der Waals surface area contributed by atoms with Crippen LogP contribution in [-0.4, -0.2) is 31.1 Å².